The first kappa shape index (κ1) is 19.0. The van der Waals surface area contributed by atoms with Crippen molar-refractivity contribution in [1.82, 2.24) is 5.32 Å². The van der Waals surface area contributed by atoms with Crippen LogP contribution in [-0.4, -0.2) is 30.9 Å². The van der Waals surface area contributed by atoms with Crippen LogP contribution in [0, 0.1) is 11.6 Å². The molecule has 0 heterocycles. The predicted octanol–water partition coefficient (Wildman–Crippen LogP) is 1.27. The van der Waals surface area contributed by atoms with Crippen molar-refractivity contribution in [1.29, 1.82) is 0 Å². The van der Waals surface area contributed by atoms with Crippen LogP contribution in [0.4, 0.5) is 14.5 Å². The molecule has 3 rings (SSSR count). The van der Waals surface area contributed by atoms with E-state index in [9.17, 15) is 18.4 Å². The molecule has 1 unspecified atom stereocenters. The van der Waals surface area contributed by atoms with Crippen LogP contribution >= 0.6 is 0 Å². The van der Waals surface area contributed by atoms with Gasteiger partial charge in [0.25, 0.3) is 5.91 Å². The van der Waals surface area contributed by atoms with Gasteiger partial charge in [-0.15, -0.1) is 0 Å². The van der Waals surface area contributed by atoms with Crippen molar-refractivity contribution in [2.24, 2.45) is 0 Å². The SMILES string of the molecule is O=C(C[NH+](Cc1ccc(F)cc1)C1CC1)NCC(=O)Nc1ccc(F)cc1. The van der Waals surface area contributed by atoms with E-state index in [-0.39, 0.29) is 36.5 Å². The number of carbonyl (C=O) groups is 2. The largest absolute Gasteiger partial charge is 0.342 e. The summed E-state index contributed by atoms with van der Waals surface area (Å²) in [5.41, 5.74) is 1.44. The van der Waals surface area contributed by atoms with Gasteiger partial charge in [-0.25, -0.2) is 8.78 Å². The van der Waals surface area contributed by atoms with Crippen LogP contribution in [0.15, 0.2) is 48.5 Å². The highest BCUT2D eigenvalue weighted by Gasteiger charge is 2.34. The number of hydrogen-bond donors (Lipinski definition) is 3. The summed E-state index contributed by atoms with van der Waals surface area (Å²) >= 11 is 0. The second-order valence-corrected chi connectivity index (χ2v) is 6.74. The van der Waals surface area contributed by atoms with Crippen molar-refractivity contribution in [2.45, 2.75) is 25.4 Å². The molecule has 5 nitrogen and oxygen atoms in total. The molecule has 27 heavy (non-hydrogen) atoms. The lowest BCUT2D eigenvalue weighted by Crippen LogP contribution is -3.13. The van der Waals surface area contributed by atoms with Crippen LogP contribution in [0.5, 0.6) is 0 Å². The highest BCUT2D eigenvalue weighted by atomic mass is 19.1. The first-order valence-electron chi connectivity index (χ1n) is 8.91. The number of amides is 2. The number of anilines is 1. The van der Waals surface area contributed by atoms with E-state index in [2.05, 4.69) is 10.6 Å². The number of hydrogen-bond acceptors (Lipinski definition) is 2. The third-order valence-corrected chi connectivity index (χ3v) is 4.46. The Morgan fingerprint density at radius 3 is 2.11 bits per heavy atom. The summed E-state index contributed by atoms with van der Waals surface area (Å²) in [5, 5.41) is 5.21. The molecule has 0 radical (unpaired) electrons. The number of quaternary nitrogens is 1. The molecule has 1 atom stereocenters. The molecule has 1 aliphatic rings. The van der Waals surface area contributed by atoms with Gasteiger partial charge in [-0.1, -0.05) is 12.1 Å². The van der Waals surface area contributed by atoms with E-state index in [1.807, 2.05) is 0 Å². The Morgan fingerprint density at radius 1 is 0.926 bits per heavy atom. The predicted molar refractivity (Wildman–Crippen MR) is 97.0 cm³/mol. The van der Waals surface area contributed by atoms with E-state index in [1.54, 1.807) is 12.1 Å². The minimum atomic E-state index is -0.384. The summed E-state index contributed by atoms with van der Waals surface area (Å²) < 4.78 is 25.9. The van der Waals surface area contributed by atoms with Gasteiger partial charge in [-0.3, -0.25) is 9.59 Å². The molecule has 1 saturated carbocycles. The summed E-state index contributed by atoms with van der Waals surface area (Å²) in [7, 11) is 0. The van der Waals surface area contributed by atoms with E-state index in [0.29, 0.717) is 18.3 Å². The zero-order valence-electron chi connectivity index (χ0n) is 14.8. The van der Waals surface area contributed by atoms with Crippen molar-refractivity contribution in [3.8, 4) is 0 Å². The van der Waals surface area contributed by atoms with E-state index in [0.717, 1.165) is 23.3 Å². The highest BCUT2D eigenvalue weighted by Crippen LogP contribution is 2.15. The average Bonchev–Trinajstić information content (AvgIpc) is 3.48. The molecule has 0 saturated heterocycles. The summed E-state index contributed by atoms with van der Waals surface area (Å²) in [6, 6.07) is 12.1. The molecule has 7 heteroatoms. The summed E-state index contributed by atoms with van der Waals surface area (Å²) in [6.07, 6.45) is 2.13. The van der Waals surface area contributed by atoms with Crippen LogP contribution in [0.3, 0.4) is 0 Å². The lowest BCUT2D eigenvalue weighted by Gasteiger charge is -2.19. The number of rotatable bonds is 8. The minimum absolute atomic E-state index is 0.148. The van der Waals surface area contributed by atoms with Gasteiger partial charge in [-0.2, -0.15) is 0 Å². The Balaban J connectivity index is 1.45. The highest BCUT2D eigenvalue weighted by molar-refractivity contribution is 5.94. The number of halogens is 2. The Morgan fingerprint density at radius 2 is 1.52 bits per heavy atom. The van der Waals surface area contributed by atoms with Gasteiger partial charge in [-0.05, 0) is 36.4 Å². The first-order chi connectivity index (χ1) is 13.0. The van der Waals surface area contributed by atoms with Crippen molar-refractivity contribution in [3.63, 3.8) is 0 Å². The van der Waals surface area contributed by atoms with Gasteiger partial charge >= 0.3 is 0 Å². The third-order valence-electron chi connectivity index (χ3n) is 4.46. The molecule has 0 spiro atoms. The van der Waals surface area contributed by atoms with Crippen LogP contribution in [0.25, 0.3) is 0 Å². The molecule has 2 amide bonds. The Hall–Kier alpha value is -2.80. The minimum Gasteiger partial charge on any atom is -0.342 e. The van der Waals surface area contributed by atoms with Gasteiger partial charge in [0.1, 0.15) is 18.2 Å². The molecule has 0 bridgehead atoms. The second-order valence-electron chi connectivity index (χ2n) is 6.74. The fourth-order valence-electron chi connectivity index (χ4n) is 2.89. The van der Waals surface area contributed by atoms with E-state index in [4.69, 9.17) is 0 Å². The standard InChI is InChI=1S/C20H21F2N3O2/c21-15-3-1-14(2-4-15)12-25(18-9-10-18)13-20(27)23-11-19(26)24-17-7-5-16(22)6-8-17/h1-8,18H,9-13H2,(H,23,27)(H,24,26)/p+1. The number of benzene rings is 2. The average molecular weight is 374 g/mol. The number of nitrogens with one attached hydrogen (secondary N) is 3. The van der Waals surface area contributed by atoms with Gasteiger partial charge in [0, 0.05) is 24.1 Å². The first-order valence-corrected chi connectivity index (χ1v) is 8.91. The van der Waals surface area contributed by atoms with Crippen LogP contribution < -0.4 is 15.5 Å². The van der Waals surface area contributed by atoms with E-state index in [1.165, 1.54) is 36.4 Å². The molecule has 0 aliphatic heterocycles. The maximum atomic E-state index is 13.0. The van der Waals surface area contributed by atoms with Crippen molar-refractivity contribution in [3.05, 3.63) is 65.7 Å². The lowest BCUT2D eigenvalue weighted by molar-refractivity contribution is -0.917. The van der Waals surface area contributed by atoms with E-state index >= 15 is 0 Å². The zero-order chi connectivity index (χ0) is 19.2. The van der Waals surface area contributed by atoms with Gasteiger partial charge < -0.3 is 15.5 Å². The zero-order valence-corrected chi connectivity index (χ0v) is 14.8. The maximum absolute atomic E-state index is 13.0. The normalized spacial score (nSPS) is 14.4. The van der Waals surface area contributed by atoms with Crippen LogP contribution in [0.2, 0.25) is 0 Å². The fourth-order valence-corrected chi connectivity index (χ4v) is 2.89. The van der Waals surface area contributed by atoms with Gasteiger partial charge in [0.05, 0.1) is 12.6 Å². The van der Waals surface area contributed by atoms with Crippen molar-refractivity contribution in [2.75, 3.05) is 18.4 Å². The summed E-state index contributed by atoms with van der Waals surface area (Å²) in [6.45, 7) is 0.747. The molecule has 0 aromatic heterocycles. The molecule has 142 valence electrons. The monoisotopic (exact) mass is 374 g/mol. The van der Waals surface area contributed by atoms with Crippen molar-refractivity contribution < 1.29 is 23.3 Å². The number of carbonyl (C=O) groups excluding carboxylic acids is 2. The third kappa shape index (κ3) is 6.14. The van der Waals surface area contributed by atoms with Crippen molar-refractivity contribution >= 4 is 17.5 Å². The van der Waals surface area contributed by atoms with Gasteiger partial charge in [0.15, 0.2) is 6.54 Å². The molecule has 1 aliphatic carbocycles. The fraction of sp³-hybridized carbons (Fsp3) is 0.300. The molecular weight excluding hydrogens is 352 g/mol. The van der Waals surface area contributed by atoms with Crippen LogP contribution in [-0.2, 0) is 16.1 Å². The second kappa shape index (κ2) is 8.73. The Bertz CT molecular complexity index is 790. The summed E-state index contributed by atoms with van der Waals surface area (Å²) in [4.78, 5) is 25.2. The molecule has 2 aromatic rings. The maximum Gasteiger partial charge on any atom is 0.275 e. The van der Waals surface area contributed by atoms with Crippen LogP contribution in [0.1, 0.15) is 18.4 Å². The quantitative estimate of drug-likeness (QED) is 0.652. The smallest absolute Gasteiger partial charge is 0.275 e. The molecule has 3 N–H and O–H groups in total. The molecule has 1 fully saturated rings. The molecular formula is C20H22F2N3O2+. The summed E-state index contributed by atoms with van der Waals surface area (Å²) in [5.74, 6) is -1.25. The van der Waals surface area contributed by atoms with E-state index < -0.39 is 0 Å². The van der Waals surface area contributed by atoms with Gasteiger partial charge in [0.2, 0.25) is 5.91 Å². The Labute approximate surface area is 156 Å². The molecule has 2 aromatic carbocycles. The lowest BCUT2D eigenvalue weighted by atomic mass is 10.2. The Kier molecular flexibility index (Phi) is 6.13. The topological polar surface area (TPSA) is 62.6 Å².